The lowest BCUT2D eigenvalue weighted by atomic mass is 9.94. The Bertz CT molecular complexity index is 3530. The number of aromatic nitrogens is 5. The van der Waals surface area contributed by atoms with E-state index < -0.39 is 0 Å². The summed E-state index contributed by atoms with van der Waals surface area (Å²) in [6, 6.07) is 71.2. The van der Waals surface area contributed by atoms with E-state index in [9.17, 15) is 0 Å². The average molecular weight is 754 g/mol. The van der Waals surface area contributed by atoms with E-state index in [-0.39, 0.29) is 0 Å². The molecule has 8 aromatic carbocycles. The molecule has 0 unspecified atom stereocenters. The van der Waals surface area contributed by atoms with Gasteiger partial charge in [-0.1, -0.05) is 140 Å². The lowest BCUT2D eigenvalue weighted by Gasteiger charge is -2.12. The number of fused-ring (bicyclic) bond motifs is 7. The van der Waals surface area contributed by atoms with Gasteiger partial charge in [-0.15, -0.1) is 0 Å². The summed E-state index contributed by atoms with van der Waals surface area (Å²) in [5.41, 5.74) is 15.3. The minimum atomic E-state index is 0.870. The van der Waals surface area contributed by atoms with Crippen molar-refractivity contribution in [2.45, 2.75) is 0 Å². The fourth-order valence-electron chi connectivity index (χ4n) is 9.10. The van der Waals surface area contributed by atoms with Gasteiger partial charge >= 0.3 is 0 Å². The van der Waals surface area contributed by atoms with Gasteiger partial charge in [0.2, 0.25) is 0 Å². The van der Waals surface area contributed by atoms with E-state index in [1.807, 2.05) is 12.3 Å². The van der Waals surface area contributed by atoms with E-state index >= 15 is 0 Å². The van der Waals surface area contributed by atoms with E-state index in [0.29, 0.717) is 0 Å². The molecule has 5 nitrogen and oxygen atoms in total. The van der Waals surface area contributed by atoms with Crippen molar-refractivity contribution in [2.24, 2.45) is 0 Å². The highest BCUT2D eigenvalue weighted by Crippen LogP contribution is 2.44. The number of para-hydroxylation sites is 4. The summed E-state index contributed by atoms with van der Waals surface area (Å²) in [4.78, 5) is 14.3. The predicted octanol–water partition coefficient (Wildman–Crippen LogP) is 13.8. The Morgan fingerprint density at radius 2 is 1.10 bits per heavy atom. The summed E-state index contributed by atoms with van der Waals surface area (Å²) >= 11 is 0. The third kappa shape index (κ3) is 5.25. The second-order valence-electron chi connectivity index (χ2n) is 15.1. The van der Waals surface area contributed by atoms with Crippen molar-refractivity contribution in [1.82, 2.24) is 24.1 Å². The fourth-order valence-corrected chi connectivity index (χ4v) is 9.10. The molecule has 276 valence electrons. The van der Waals surface area contributed by atoms with Gasteiger partial charge in [-0.2, -0.15) is 0 Å². The number of imidazole rings is 1. The molecule has 0 aliphatic carbocycles. The maximum absolute atomic E-state index is 5.58. The van der Waals surface area contributed by atoms with E-state index in [4.69, 9.17) is 9.97 Å². The van der Waals surface area contributed by atoms with Gasteiger partial charge in [-0.3, -0.25) is 9.13 Å². The van der Waals surface area contributed by atoms with Crippen LogP contribution in [0.5, 0.6) is 0 Å². The van der Waals surface area contributed by atoms with Gasteiger partial charge in [0.1, 0.15) is 11.6 Å². The number of H-pyrrole nitrogens is 1. The van der Waals surface area contributed by atoms with Crippen molar-refractivity contribution in [3.05, 3.63) is 206 Å². The van der Waals surface area contributed by atoms with Crippen LogP contribution >= 0.6 is 0 Å². The molecular formula is C54H35N5. The SMILES string of the molecule is c1ccc(-c2cc(-c3ccccc3)c3c4ccc(-c5cccc6c5nc(-c5cccc7c5[nH]c5ccccc57)n6-c5ccccc5)cc4n(-c4ccccn4)c3c2)cc1. The predicted molar refractivity (Wildman–Crippen MR) is 244 cm³/mol. The van der Waals surface area contributed by atoms with Crippen molar-refractivity contribution >= 4 is 54.6 Å². The molecule has 4 aromatic heterocycles. The molecule has 0 aliphatic rings. The molecule has 0 atom stereocenters. The van der Waals surface area contributed by atoms with Gasteiger partial charge < -0.3 is 4.98 Å². The number of hydrogen-bond donors (Lipinski definition) is 1. The van der Waals surface area contributed by atoms with Gasteiger partial charge in [0, 0.05) is 50.1 Å². The minimum absolute atomic E-state index is 0.870. The van der Waals surface area contributed by atoms with Crippen LogP contribution in [0.25, 0.3) is 111 Å². The number of hydrogen-bond acceptors (Lipinski definition) is 2. The second kappa shape index (κ2) is 13.3. The molecule has 59 heavy (non-hydrogen) atoms. The third-order valence-corrected chi connectivity index (χ3v) is 11.7. The van der Waals surface area contributed by atoms with Gasteiger partial charge in [0.25, 0.3) is 0 Å². The first kappa shape index (κ1) is 33.2. The van der Waals surface area contributed by atoms with Crippen LogP contribution in [-0.4, -0.2) is 24.1 Å². The highest BCUT2D eigenvalue weighted by Gasteiger charge is 2.23. The number of nitrogens with zero attached hydrogens (tertiary/aromatic N) is 4. The number of rotatable bonds is 6. The summed E-state index contributed by atoms with van der Waals surface area (Å²) < 4.78 is 4.64. The molecule has 0 aliphatic heterocycles. The maximum atomic E-state index is 5.58. The quantitative estimate of drug-likeness (QED) is 0.184. The van der Waals surface area contributed by atoms with Crippen molar-refractivity contribution in [1.29, 1.82) is 0 Å². The van der Waals surface area contributed by atoms with E-state index in [1.165, 1.54) is 38.2 Å². The molecular weight excluding hydrogens is 719 g/mol. The first-order valence-electron chi connectivity index (χ1n) is 20.0. The van der Waals surface area contributed by atoms with Crippen LogP contribution in [0.2, 0.25) is 0 Å². The molecule has 1 N–H and O–H groups in total. The van der Waals surface area contributed by atoms with Crippen LogP contribution in [-0.2, 0) is 0 Å². The standard InChI is InChI=1S/C54H35N5/c1-4-16-35(17-5-1)38-32-45(36-18-6-2-7-19-36)51-43-30-29-37(33-48(43)59(49(51)34-38)50-28-12-13-31-55-50)40-23-15-27-47-53(40)57-54(58(47)39-20-8-3-9-21-39)44-25-14-24-42-41-22-10-11-26-46(41)56-52(42)44/h1-34,56H. The number of aromatic amines is 1. The van der Waals surface area contributed by atoms with Crippen LogP contribution in [0.3, 0.4) is 0 Å². The van der Waals surface area contributed by atoms with E-state index in [2.05, 4.69) is 208 Å². The highest BCUT2D eigenvalue weighted by molar-refractivity contribution is 6.18. The Kier molecular flexibility index (Phi) is 7.47. The Hall–Kier alpha value is -8.02. The van der Waals surface area contributed by atoms with E-state index in [1.54, 1.807) is 0 Å². The number of pyridine rings is 1. The lowest BCUT2D eigenvalue weighted by molar-refractivity contribution is 1.08. The van der Waals surface area contributed by atoms with Crippen LogP contribution in [0.15, 0.2) is 206 Å². The molecule has 0 radical (unpaired) electrons. The van der Waals surface area contributed by atoms with Gasteiger partial charge in [-0.05, 0) is 88.5 Å². The molecule has 12 rings (SSSR count). The highest BCUT2D eigenvalue weighted by atomic mass is 15.1. The summed E-state index contributed by atoms with van der Waals surface area (Å²) in [5, 5.41) is 4.75. The Morgan fingerprint density at radius 3 is 1.92 bits per heavy atom. The molecule has 0 amide bonds. The van der Waals surface area contributed by atoms with Gasteiger partial charge in [0.05, 0.1) is 27.6 Å². The molecule has 0 saturated carbocycles. The molecule has 5 heteroatoms. The van der Waals surface area contributed by atoms with Crippen molar-refractivity contribution in [3.63, 3.8) is 0 Å². The zero-order valence-electron chi connectivity index (χ0n) is 31.9. The third-order valence-electron chi connectivity index (χ3n) is 11.7. The first-order valence-corrected chi connectivity index (χ1v) is 20.0. The Morgan fingerprint density at radius 1 is 0.407 bits per heavy atom. The summed E-state index contributed by atoms with van der Waals surface area (Å²) in [5.74, 6) is 1.76. The van der Waals surface area contributed by atoms with Gasteiger partial charge in [-0.25, -0.2) is 9.97 Å². The molecule has 4 heterocycles. The van der Waals surface area contributed by atoms with Crippen molar-refractivity contribution in [3.8, 4) is 56.3 Å². The zero-order chi connectivity index (χ0) is 38.9. The Labute approximate surface area is 340 Å². The average Bonchev–Trinajstić information content (AvgIpc) is 3.99. The summed E-state index contributed by atoms with van der Waals surface area (Å²) in [6.07, 6.45) is 1.88. The molecule has 0 bridgehead atoms. The van der Waals surface area contributed by atoms with Crippen molar-refractivity contribution < 1.29 is 0 Å². The van der Waals surface area contributed by atoms with Crippen molar-refractivity contribution in [2.75, 3.05) is 0 Å². The fraction of sp³-hybridized carbons (Fsp3) is 0. The maximum Gasteiger partial charge on any atom is 0.147 e. The minimum Gasteiger partial charge on any atom is -0.354 e. The summed E-state index contributed by atoms with van der Waals surface area (Å²) in [6.45, 7) is 0. The van der Waals surface area contributed by atoms with E-state index in [0.717, 1.165) is 72.7 Å². The van der Waals surface area contributed by atoms with Crippen LogP contribution < -0.4 is 0 Å². The number of benzene rings is 8. The monoisotopic (exact) mass is 753 g/mol. The topological polar surface area (TPSA) is 51.4 Å². The normalized spacial score (nSPS) is 11.7. The van der Waals surface area contributed by atoms with Gasteiger partial charge in [0.15, 0.2) is 0 Å². The van der Waals surface area contributed by atoms with Crippen LogP contribution in [0.1, 0.15) is 0 Å². The molecule has 0 spiro atoms. The molecule has 0 fully saturated rings. The first-order chi connectivity index (χ1) is 29.3. The van der Waals surface area contributed by atoms with Crippen LogP contribution in [0.4, 0.5) is 0 Å². The zero-order valence-corrected chi connectivity index (χ0v) is 31.9. The summed E-state index contributed by atoms with van der Waals surface area (Å²) in [7, 11) is 0. The lowest BCUT2D eigenvalue weighted by Crippen LogP contribution is -1.97. The largest absolute Gasteiger partial charge is 0.354 e. The second-order valence-corrected chi connectivity index (χ2v) is 15.1. The Balaban J connectivity index is 1.14. The van der Waals surface area contributed by atoms with Crippen LogP contribution in [0, 0.1) is 0 Å². The smallest absolute Gasteiger partial charge is 0.147 e. The number of nitrogens with one attached hydrogen (secondary N) is 1. The molecule has 0 saturated heterocycles. The molecule has 12 aromatic rings.